The fraction of sp³-hybridized carbons (Fsp3) is 0.348. The third-order valence-corrected chi connectivity index (χ3v) is 5.12. The van der Waals surface area contributed by atoms with E-state index in [1.54, 1.807) is 17.0 Å². The van der Waals surface area contributed by atoms with Crippen molar-refractivity contribution in [2.24, 2.45) is 0 Å². The van der Waals surface area contributed by atoms with Gasteiger partial charge in [0.1, 0.15) is 17.3 Å². The van der Waals surface area contributed by atoms with Crippen molar-refractivity contribution < 1.29 is 23.2 Å². The van der Waals surface area contributed by atoms with Crippen LogP contribution in [0.15, 0.2) is 59.1 Å². The number of benzene rings is 2. The van der Waals surface area contributed by atoms with Gasteiger partial charge < -0.3 is 18.9 Å². The Morgan fingerprint density at radius 1 is 1.10 bits per heavy atom. The average molecular weight is 425 g/mol. The van der Waals surface area contributed by atoms with Gasteiger partial charge in [0.2, 0.25) is 5.89 Å². The van der Waals surface area contributed by atoms with E-state index in [1.165, 1.54) is 12.1 Å². The van der Waals surface area contributed by atoms with Crippen LogP contribution in [0.25, 0.3) is 0 Å². The predicted octanol–water partition coefficient (Wildman–Crippen LogP) is 3.62. The molecule has 1 unspecified atom stereocenters. The van der Waals surface area contributed by atoms with Gasteiger partial charge in [0.05, 0.1) is 12.5 Å². The van der Waals surface area contributed by atoms with Gasteiger partial charge in [-0.25, -0.2) is 4.39 Å². The minimum Gasteiger partial charge on any atom is -0.493 e. The van der Waals surface area contributed by atoms with E-state index in [2.05, 4.69) is 10.1 Å². The predicted molar refractivity (Wildman–Crippen MR) is 110 cm³/mol. The van der Waals surface area contributed by atoms with Gasteiger partial charge in [-0.1, -0.05) is 23.4 Å². The number of likely N-dealkylation sites (tertiary alicyclic amines) is 1. The molecule has 31 heavy (non-hydrogen) atoms. The Hall–Kier alpha value is -3.42. The summed E-state index contributed by atoms with van der Waals surface area (Å²) in [6.07, 6.45) is 2.23. The Morgan fingerprint density at radius 3 is 2.68 bits per heavy atom. The first kappa shape index (κ1) is 20.8. The van der Waals surface area contributed by atoms with Crippen molar-refractivity contribution in [1.82, 2.24) is 15.0 Å². The molecule has 1 fully saturated rings. The number of piperidine rings is 1. The number of ether oxygens (including phenoxy) is 2. The number of para-hydroxylation sites is 1. The van der Waals surface area contributed by atoms with Crippen molar-refractivity contribution in [1.29, 1.82) is 0 Å². The van der Waals surface area contributed by atoms with Gasteiger partial charge in [-0.2, -0.15) is 4.98 Å². The van der Waals surface area contributed by atoms with Gasteiger partial charge in [-0.05, 0) is 49.2 Å². The number of carbonyl (C=O) groups is 1. The molecule has 162 valence electrons. The normalized spacial score (nSPS) is 16.2. The van der Waals surface area contributed by atoms with Gasteiger partial charge in [-0.15, -0.1) is 0 Å². The van der Waals surface area contributed by atoms with E-state index in [-0.39, 0.29) is 24.2 Å². The van der Waals surface area contributed by atoms with Crippen molar-refractivity contribution in [2.45, 2.75) is 25.2 Å². The van der Waals surface area contributed by atoms with Crippen LogP contribution < -0.4 is 9.47 Å². The van der Waals surface area contributed by atoms with E-state index in [9.17, 15) is 9.18 Å². The lowest BCUT2D eigenvalue weighted by Crippen LogP contribution is -2.41. The molecule has 1 amide bonds. The lowest BCUT2D eigenvalue weighted by Gasteiger charge is -2.30. The quantitative estimate of drug-likeness (QED) is 0.549. The molecule has 7 nitrogen and oxygen atoms in total. The molecule has 8 heteroatoms. The van der Waals surface area contributed by atoms with Crippen LogP contribution >= 0.6 is 0 Å². The van der Waals surface area contributed by atoms with E-state index < -0.39 is 0 Å². The average Bonchev–Trinajstić information content (AvgIpc) is 3.28. The zero-order valence-electron chi connectivity index (χ0n) is 17.1. The number of amides is 1. The highest BCUT2D eigenvalue weighted by Crippen LogP contribution is 2.26. The topological polar surface area (TPSA) is 77.7 Å². The molecule has 0 bridgehead atoms. The summed E-state index contributed by atoms with van der Waals surface area (Å²) in [5, 5.41) is 4.03. The zero-order chi connectivity index (χ0) is 21.5. The van der Waals surface area contributed by atoms with E-state index in [0.717, 1.165) is 12.8 Å². The molecular weight excluding hydrogens is 401 g/mol. The third kappa shape index (κ3) is 5.81. The number of hydrogen-bond acceptors (Lipinski definition) is 6. The first-order chi connectivity index (χ1) is 15.2. The second kappa shape index (κ2) is 10.1. The van der Waals surface area contributed by atoms with Gasteiger partial charge in [0, 0.05) is 19.5 Å². The molecule has 0 radical (unpaired) electrons. The van der Waals surface area contributed by atoms with E-state index >= 15 is 0 Å². The maximum atomic E-state index is 12.9. The number of halogens is 1. The molecule has 2 aromatic carbocycles. The summed E-state index contributed by atoms with van der Waals surface area (Å²) in [5.74, 6) is 2.00. The summed E-state index contributed by atoms with van der Waals surface area (Å²) >= 11 is 0. The summed E-state index contributed by atoms with van der Waals surface area (Å²) in [6.45, 7) is 1.59. The van der Waals surface area contributed by atoms with Crippen molar-refractivity contribution in [2.75, 3.05) is 26.3 Å². The van der Waals surface area contributed by atoms with Crippen LogP contribution in [0.3, 0.4) is 0 Å². The van der Waals surface area contributed by atoms with Crippen LogP contribution in [0, 0.1) is 5.82 Å². The lowest BCUT2D eigenvalue weighted by molar-refractivity contribution is -0.134. The van der Waals surface area contributed by atoms with Gasteiger partial charge in [-0.3, -0.25) is 4.79 Å². The number of hydrogen-bond donors (Lipinski definition) is 0. The van der Waals surface area contributed by atoms with Crippen LogP contribution in [0.5, 0.6) is 11.5 Å². The Balaban J connectivity index is 1.26. The van der Waals surface area contributed by atoms with Crippen LogP contribution in [0.4, 0.5) is 4.39 Å². The fourth-order valence-electron chi connectivity index (χ4n) is 3.48. The smallest absolute Gasteiger partial charge is 0.260 e. The van der Waals surface area contributed by atoms with Gasteiger partial charge in [0.25, 0.3) is 5.91 Å². The Labute approximate surface area is 179 Å². The van der Waals surface area contributed by atoms with Crippen molar-refractivity contribution >= 4 is 5.91 Å². The summed E-state index contributed by atoms with van der Waals surface area (Å²) < 4.78 is 29.5. The van der Waals surface area contributed by atoms with Crippen LogP contribution in [0.2, 0.25) is 0 Å². The maximum absolute atomic E-state index is 12.9. The van der Waals surface area contributed by atoms with E-state index in [1.807, 2.05) is 30.3 Å². The number of rotatable bonds is 8. The first-order valence-corrected chi connectivity index (χ1v) is 10.3. The molecule has 1 atom stereocenters. The Kier molecular flexibility index (Phi) is 6.76. The molecule has 4 rings (SSSR count). The molecular formula is C23H24FN3O4. The number of carbonyl (C=O) groups excluding carboxylic acids is 1. The highest BCUT2D eigenvalue weighted by molar-refractivity contribution is 5.78. The summed E-state index contributed by atoms with van der Waals surface area (Å²) in [4.78, 5) is 18.8. The number of aromatic nitrogens is 2. The summed E-state index contributed by atoms with van der Waals surface area (Å²) in [7, 11) is 0. The van der Waals surface area contributed by atoms with Crippen LogP contribution in [0.1, 0.15) is 30.5 Å². The molecule has 1 aliphatic heterocycles. The minimum atomic E-state index is -0.304. The Bertz CT molecular complexity index is 978. The van der Waals surface area contributed by atoms with Crippen LogP contribution in [-0.4, -0.2) is 47.3 Å². The number of nitrogens with zero attached hydrogens (tertiary/aromatic N) is 3. The molecule has 1 aliphatic rings. The molecule has 0 N–H and O–H groups in total. The lowest BCUT2D eigenvalue weighted by atomic mass is 9.98. The summed E-state index contributed by atoms with van der Waals surface area (Å²) in [5.41, 5.74) is 0. The van der Waals surface area contributed by atoms with Gasteiger partial charge >= 0.3 is 0 Å². The van der Waals surface area contributed by atoms with E-state index in [0.29, 0.717) is 49.3 Å². The first-order valence-electron chi connectivity index (χ1n) is 10.3. The molecule has 3 aromatic rings. The van der Waals surface area contributed by atoms with E-state index in [4.69, 9.17) is 14.0 Å². The minimum absolute atomic E-state index is 0.00649. The third-order valence-electron chi connectivity index (χ3n) is 5.12. The molecule has 0 saturated carbocycles. The zero-order valence-corrected chi connectivity index (χ0v) is 17.1. The molecule has 1 aromatic heterocycles. The largest absolute Gasteiger partial charge is 0.493 e. The SMILES string of the molecule is O=C(COc1ccccc1)N1CCCC(c2nc(CCOc3ccc(F)cc3)no2)C1. The highest BCUT2D eigenvalue weighted by atomic mass is 19.1. The second-order valence-corrected chi connectivity index (χ2v) is 7.38. The molecule has 2 heterocycles. The second-order valence-electron chi connectivity index (χ2n) is 7.38. The molecule has 0 spiro atoms. The fourth-order valence-corrected chi connectivity index (χ4v) is 3.48. The van der Waals surface area contributed by atoms with Crippen LogP contribution in [-0.2, 0) is 11.2 Å². The highest BCUT2D eigenvalue weighted by Gasteiger charge is 2.28. The van der Waals surface area contributed by atoms with Crippen molar-refractivity contribution in [3.63, 3.8) is 0 Å². The standard InChI is InChI=1S/C23H24FN3O4/c24-18-8-10-20(11-9-18)29-14-12-21-25-23(31-26-21)17-5-4-13-27(15-17)22(28)16-30-19-6-2-1-3-7-19/h1-3,6-11,17H,4-5,12-16H2. The van der Waals surface area contributed by atoms with Crippen molar-refractivity contribution in [3.05, 3.63) is 72.1 Å². The molecule has 1 saturated heterocycles. The molecule has 0 aliphatic carbocycles. The maximum Gasteiger partial charge on any atom is 0.260 e. The summed E-state index contributed by atoms with van der Waals surface area (Å²) in [6, 6.07) is 15.1. The van der Waals surface area contributed by atoms with Crippen molar-refractivity contribution in [3.8, 4) is 11.5 Å². The van der Waals surface area contributed by atoms with Gasteiger partial charge in [0.15, 0.2) is 12.4 Å². The Morgan fingerprint density at radius 2 is 1.87 bits per heavy atom. The monoisotopic (exact) mass is 425 g/mol.